The minimum atomic E-state index is -2.72. The van der Waals surface area contributed by atoms with Gasteiger partial charge in [0.15, 0.2) is 10.8 Å². The van der Waals surface area contributed by atoms with Gasteiger partial charge < -0.3 is 25.2 Å². The molecule has 0 saturated carbocycles. The Morgan fingerprint density at radius 2 is 1.00 bits per heavy atom. The third-order valence-electron chi connectivity index (χ3n) is 5.95. The maximum atomic E-state index is 12.9. The Morgan fingerprint density at radius 1 is 0.677 bits per heavy atom. The van der Waals surface area contributed by atoms with Crippen LogP contribution in [0.2, 0.25) is 0 Å². The van der Waals surface area contributed by atoms with E-state index in [1.165, 1.54) is 13.8 Å². The summed E-state index contributed by atoms with van der Waals surface area (Å²) in [6.45, 7) is 2.67. The molecule has 2 rings (SSSR count). The Kier molecular flexibility index (Phi) is 6.38. The van der Waals surface area contributed by atoms with Gasteiger partial charge in [-0.25, -0.2) is 19.2 Å². The first-order chi connectivity index (χ1) is 14.3. The fourth-order valence-electron chi connectivity index (χ4n) is 4.47. The minimum absolute atomic E-state index is 0.109. The first-order valence-corrected chi connectivity index (χ1v) is 9.44. The van der Waals surface area contributed by atoms with E-state index in [1.807, 2.05) is 0 Å². The van der Waals surface area contributed by atoms with E-state index < -0.39 is 70.6 Å². The molecule has 0 saturated heterocycles. The van der Waals surface area contributed by atoms with E-state index in [4.69, 9.17) is 0 Å². The van der Waals surface area contributed by atoms with Crippen molar-refractivity contribution in [1.82, 2.24) is 0 Å². The SMILES string of the molecule is CC1=C(C(=O)O)C(C(=O)O)(C(=O)OC(=O)C2(C(=O)O)CCCC(C)=C2C(=O)O)CCC1. The molecule has 2 unspecified atom stereocenters. The number of carbonyl (C=O) groups excluding carboxylic acids is 2. The average Bonchev–Trinajstić information content (AvgIpc) is 2.65. The number of carboxylic acids is 4. The predicted octanol–water partition coefficient (Wildman–Crippen LogP) is 1.37. The minimum Gasteiger partial charge on any atom is -0.480 e. The van der Waals surface area contributed by atoms with E-state index in [0.717, 1.165) is 0 Å². The molecule has 168 valence electrons. The van der Waals surface area contributed by atoms with Crippen molar-refractivity contribution in [3.63, 3.8) is 0 Å². The summed E-state index contributed by atoms with van der Waals surface area (Å²) in [6, 6.07) is 0. The normalized spacial score (nSPS) is 26.3. The Bertz CT molecular complexity index is 878. The largest absolute Gasteiger partial charge is 0.480 e. The van der Waals surface area contributed by atoms with E-state index >= 15 is 0 Å². The van der Waals surface area contributed by atoms with Gasteiger partial charge in [0, 0.05) is 0 Å². The Labute approximate surface area is 176 Å². The molecule has 0 heterocycles. The van der Waals surface area contributed by atoms with Gasteiger partial charge in [0.05, 0.1) is 11.1 Å². The maximum absolute atomic E-state index is 12.9. The zero-order chi connectivity index (χ0) is 23.7. The van der Waals surface area contributed by atoms with Gasteiger partial charge in [-0.15, -0.1) is 0 Å². The van der Waals surface area contributed by atoms with Gasteiger partial charge in [-0.1, -0.05) is 11.1 Å². The summed E-state index contributed by atoms with van der Waals surface area (Å²) in [5.74, 6) is -10.6. The molecule has 0 aromatic rings. The molecule has 2 aliphatic rings. The average molecular weight is 438 g/mol. The van der Waals surface area contributed by atoms with Crippen LogP contribution in [-0.2, 0) is 33.5 Å². The molecule has 0 aromatic heterocycles. The van der Waals surface area contributed by atoms with E-state index in [2.05, 4.69) is 4.74 Å². The summed E-state index contributed by atoms with van der Waals surface area (Å²) in [5.41, 5.74) is -6.72. The molecule has 0 spiro atoms. The molecule has 11 heteroatoms. The number of hydrogen-bond acceptors (Lipinski definition) is 7. The quantitative estimate of drug-likeness (QED) is 0.345. The van der Waals surface area contributed by atoms with Gasteiger partial charge >= 0.3 is 35.8 Å². The number of rotatable bonds is 6. The summed E-state index contributed by atoms with van der Waals surface area (Å²) < 4.78 is 4.68. The molecule has 0 aromatic carbocycles. The van der Waals surface area contributed by atoms with Crippen LogP contribution in [0.3, 0.4) is 0 Å². The monoisotopic (exact) mass is 438 g/mol. The molecule has 0 amide bonds. The molecule has 31 heavy (non-hydrogen) atoms. The number of aliphatic carboxylic acids is 4. The first-order valence-electron chi connectivity index (χ1n) is 9.44. The fourth-order valence-corrected chi connectivity index (χ4v) is 4.47. The van der Waals surface area contributed by atoms with Crippen LogP contribution in [0.5, 0.6) is 0 Å². The van der Waals surface area contributed by atoms with Crippen molar-refractivity contribution in [2.45, 2.75) is 52.4 Å². The number of esters is 2. The van der Waals surface area contributed by atoms with Crippen LogP contribution in [0.1, 0.15) is 52.4 Å². The molecule has 0 aliphatic heterocycles. The standard InChI is InChI=1S/C20H22O11/c1-9-5-3-7-19(15(25)26,11(9)13(21)22)17(29)31-18(30)20(16(27)28)8-4-6-10(2)12(20)14(23)24/h3-8H2,1-2H3,(H,21,22)(H,23,24)(H,25,26)(H,27,28). The van der Waals surface area contributed by atoms with Crippen molar-refractivity contribution in [1.29, 1.82) is 0 Å². The lowest BCUT2D eigenvalue weighted by molar-refractivity contribution is -0.181. The zero-order valence-electron chi connectivity index (χ0n) is 16.9. The maximum Gasteiger partial charge on any atom is 0.336 e. The number of carboxylic acid groups (broad SMARTS) is 4. The molecule has 11 nitrogen and oxygen atoms in total. The molecule has 0 radical (unpaired) electrons. The zero-order valence-corrected chi connectivity index (χ0v) is 16.9. The highest BCUT2D eigenvalue weighted by atomic mass is 16.6. The fraction of sp³-hybridized carbons (Fsp3) is 0.500. The second kappa shape index (κ2) is 8.32. The van der Waals surface area contributed by atoms with Crippen LogP contribution in [0, 0.1) is 10.8 Å². The third-order valence-corrected chi connectivity index (χ3v) is 5.95. The van der Waals surface area contributed by atoms with Crippen LogP contribution in [0.25, 0.3) is 0 Å². The van der Waals surface area contributed by atoms with Crippen molar-refractivity contribution in [2.24, 2.45) is 10.8 Å². The Hall–Kier alpha value is -3.50. The van der Waals surface area contributed by atoms with Crippen LogP contribution in [-0.4, -0.2) is 56.2 Å². The molecular weight excluding hydrogens is 416 g/mol. The van der Waals surface area contributed by atoms with Gasteiger partial charge in [0.2, 0.25) is 0 Å². The molecule has 0 fully saturated rings. The van der Waals surface area contributed by atoms with Crippen LogP contribution < -0.4 is 0 Å². The van der Waals surface area contributed by atoms with Gasteiger partial charge in [-0.05, 0) is 52.4 Å². The summed E-state index contributed by atoms with van der Waals surface area (Å²) >= 11 is 0. The highest BCUT2D eigenvalue weighted by Crippen LogP contribution is 2.46. The molecule has 0 bridgehead atoms. The van der Waals surface area contributed by atoms with Crippen molar-refractivity contribution in [3.8, 4) is 0 Å². The van der Waals surface area contributed by atoms with E-state index in [0.29, 0.717) is 0 Å². The summed E-state index contributed by atoms with van der Waals surface area (Å²) in [6.07, 6.45) is -0.310. The van der Waals surface area contributed by atoms with Crippen molar-refractivity contribution in [3.05, 3.63) is 22.3 Å². The lowest BCUT2D eigenvalue weighted by Gasteiger charge is -2.35. The Morgan fingerprint density at radius 3 is 1.26 bits per heavy atom. The molecule has 2 atom stereocenters. The lowest BCUT2D eigenvalue weighted by atomic mass is 9.68. The van der Waals surface area contributed by atoms with Gasteiger partial charge in [0.25, 0.3) is 0 Å². The molecular formula is C20H22O11. The second-order valence-electron chi connectivity index (χ2n) is 7.73. The highest BCUT2D eigenvalue weighted by molar-refractivity contribution is 6.17. The van der Waals surface area contributed by atoms with Gasteiger partial charge in [0.1, 0.15) is 0 Å². The number of allylic oxidation sites excluding steroid dienone is 2. The molecule has 2 aliphatic carbocycles. The third kappa shape index (κ3) is 3.60. The Balaban J connectivity index is 2.60. The summed E-state index contributed by atoms with van der Waals surface area (Å²) in [4.78, 5) is 73.4. The number of ether oxygens (including phenoxy) is 1. The first kappa shape index (κ1) is 23.8. The van der Waals surface area contributed by atoms with E-state index in [-0.39, 0.29) is 36.8 Å². The van der Waals surface area contributed by atoms with Crippen LogP contribution in [0.15, 0.2) is 22.3 Å². The lowest BCUT2D eigenvalue weighted by Crippen LogP contribution is -2.51. The number of hydrogen-bond donors (Lipinski definition) is 4. The van der Waals surface area contributed by atoms with E-state index in [1.54, 1.807) is 0 Å². The highest BCUT2D eigenvalue weighted by Gasteiger charge is 2.60. The van der Waals surface area contributed by atoms with Crippen molar-refractivity contribution in [2.75, 3.05) is 0 Å². The van der Waals surface area contributed by atoms with Gasteiger partial charge in [-0.3, -0.25) is 9.59 Å². The number of carbonyl (C=O) groups is 6. The second-order valence-corrected chi connectivity index (χ2v) is 7.73. The summed E-state index contributed by atoms with van der Waals surface area (Å²) in [7, 11) is 0. The smallest absolute Gasteiger partial charge is 0.336 e. The van der Waals surface area contributed by atoms with Gasteiger partial charge in [-0.2, -0.15) is 0 Å². The van der Waals surface area contributed by atoms with Crippen molar-refractivity contribution < 1.29 is 53.9 Å². The molecule has 4 N–H and O–H groups in total. The topological polar surface area (TPSA) is 193 Å². The van der Waals surface area contributed by atoms with Crippen LogP contribution in [0.4, 0.5) is 0 Å². The van der Waals surface area contributed by atoms with Crippen molar-refractivity contribution >= 4 is 35.8 Å². The van der Waals surface area contributed by atoms with Crippen LogP contribution >= 0.6 is 0 Å². The summed E-state index contributed by atoms with van der Waals surface area (Å²) in [5, 5.41) is 38.5. The van der Waals surface area contributed by atoms with E-state index in [9.17, 15) is 49.2 Å². The predicted molar refractivity (Wildman–Crippen MR) is 99.6 cm³/mol.